The molecule has 1 unspecified atom stereocenters. The lowest BCUT2D eigenvalue weighted by Crippen LogP contribution is -3.11. The molecule has 2 rings (SSSR count). The predicted molar refractivity (Wildman–Crippen MR) is 95.7 cm³/mol. The molecule has 8 heteroatoms. The maximum absolute atomic E-state index is 12.3. The number of likely N-dealkylation sites (N-methyl/N-ethyl adjacent to an activating group) is 1. The maximum atomic E-state index is 12.3. The van der Waals surface area contributed by atoms with Gasteiger partial charge in [-0.3, -0.25) is 14.4 Å². The minimum absolute atomic E-state index is 0.0832. The molecule has 1 heterocycles. The highest BCUT2D eigenvalue weighted by molar-refractivity contribution is 6.04. The predicted octanol–water partition coefficient (Wildman–Crippen LogP) is -0.0142. The number of anilines is 1. The lowest BCUT2D eigenvalue weighted by molar-refractivity contribution is -0.862. The van der Waals surface area contributed by atoms with E-state index in [0.717, 1.165) is 4.90 Å². The highest BCUT2D eigenvalue weighted by atomic mass is 16.7. The first kappa shape index (κ1) is 19.7. The second kappa shape index (κ2) is 7.74. The van der Waals surface area contributed by atoms with Gasteiger partial charge in [0.1, 0.15) is 0 Å². The van der Waals surface area contributed by atoms with Crippen molar-refractivity contribution in [3.63, 3.8) is 0 Å². The summed E-state index contributed by atoms with van der Waals surface area (Å²) in [4.78, 5) is 36.8. The van der Waals surface area contributed by atoms with Gasteiger partial charge in [0.2, 0.25) is 6.79 Å². The van der Waals surface area contributed by atoms with Gasteiger partial charge in [-0.2, -0.15) is 0 Å². The van der Waals surface area contributed by atoms with E-state index in [4.69, 9.17) is 9.47 Å². The van der Waals surface area contributed by atoms with Crippen LogP contribution < -0.4 is 25.0 Å². The summed E-state index contributed by atoms with van der Waals surface area (Å²) < 4.78 is 10.6. The Morgan fingerprint density at radius 2 is 1.65 bits per heavy atom. The van der Waals surface area contributed by atoms with Crippen LogP contribution in [0.2, 0.25) is 0 Å². The Balaban J connectivity index is 1.99. The van der Waals surface area contributed by atoms with E-state index in [9.17, 15) is 14.4 Å². The van der Waals surface area contributed by atoms with Crippen LogP contribution in [0.1, 0.15) is 38.1 Å². The molecule has 8 nitrogen and oxygen atoms in total. The van der Waals surface area contributed by atoms with Gasteiger partial charge in [-0.25, -0.2) is 0 Å². The van der Waals surface area contributed by atoms with Crippen LogP contribution in [-0.4, -0.2) is 50.1 Å². The van der Waals surface area contributed by atoms with Crippen molar-refractivity contribution in [2.45, 2.75) is 33.2 Å². The van der Waals surface area contributed by atoms with Gasteiger partial charge in [0, 0.05) is 17.2 Å². The Kier molecular flexibility index (Phi) is 5.86. The number of quaternary nitrogens is 1. The SMILES string of the molecule is CC(=O)c1cc2c(cc1NC(=O)C[NH+](C)CC(=O)NC(C)(C)C)OCO2. The van der Waals surface area contributed by atoms with E-state index in [1.54, 1.807) is 19.2 Å². The number of Topliss-reactive ketones (excluding diaryl/α,β-unsaturated/α-hetero) is 1. The van der Waals surface area contributed by atoms with Crippen LogP contribution in [0.3, 0.4) is 0 Å². The molecule has 1 aliphatic heterocycles. The molecule has 0 fully saturated rings. The van der Waals surface area contributed by atoms with Gasteiger partial charge in [-0.05, 0) is 33.8 Å². The molecule has 0 radical (unpaired) electrons. The van der Waals surface area contributed by atoms with Crippen molar-refractivity contribution in [3.8, 4) is 11.5 Å². The third-order valence-corrected chi connectivity index (χ3v) is 3.61. The van der Waals surface area contributed by atoms with Crippen molar-refractivity contribution in [1.29, 1.82) is 0 Å². The van der Waals surface area contributed by atoms with Crippen LogP contribution in [0.5, 0.6) is 11.5 Å². The van der Waals surface area contributed by atoms with Crippen LogP contribution in [0, 0.1) is 0 Å². The molecule has 1 atom stereocenters. The van der Waals surface area contributed by atoms with Gasteiger partial charge in [-0.1, -0.05) is 0 Å². The number of carbonyl (C=O) groups is 3. The maximum Gasteiger partial charge on any atom is 0.279 e. The van der Waals surface area contributed by atoms with Crippen molar-refractivity contribution in [3.05, 3.63) is 17.7 Å². The Bertz CT molecular complexity index is 724. The lowest BCUT2D eigenvalue weighted by atomic mass is 10.1. The topological polar surface area (TPSA) is 98.2 Å². The summed E-state index contributed by atoms with van der Waals surface area (Å²) in [5, 5.41) is 5.58. The van der Waals surface area contributed by atoms with Gasteiger partial charge in [0.15, 0.2) is 30.4 Å². The molecule has 0 saturated carbocycles. The van der Waals surface area contributed by atoms with E-state index < -0.39 is 0 Å². The monoisotopic (exact) mass is 364 g/mol. The second-order valence-corrected chi connectivity index (χ2v) is 7.46. The van der Waals surface area contributed by atoms with Crippen LogP contribution in [-0.2, 0) is 9.59 Å². The second-order valence-electron chi connectivity index (χ2n) is 7.46. The minimum Gasteiger partial charge on any atom is -0.454 e. The number of fused-ring (bicyclic) bond motifs is 1. The van der Waals surface area contributed by atoms with Crippen LogP contribution >= 0.6 is 0 Å². The number of hydrogen-bond acceptors (Lipinski definition) is 5. The molecule has 0 saturated heterocycles. The Morgan fingerprint density at radius 3 is 2.23 bits per heavy atom. The molecule has 2 amide bonds. The molecule has 0 spiro atoms. The van der Waals surface area contributed by atoms with E-state index in [2.05, 4.69) is 10.6 Å². The number of rotatable bonds is 6. The normalized spacial score (nSPS) is 13.9. The van der Waals surface area contributed by atoms with Gasteiger partial charge >= 0.3 is 0 Å². The highest BCUT2D eigenvalue weighted by Crippen LogP contribution is 2.37. The molecular weight excluding hydrogens is 338 g/mol. The molecule has 1 aromatic rings. The summed E-state index contributed by atoms with van der Waals surface area (Å²) in [5.41, 5.74) is 0.409. The smallest absolute Gasteiger partial charge is 0.279 e. The Morgan fingerprint density at radius 1 is 1.08 bits per heavy atom. The van der Waals surface area contributed by atoms with E-state index in [-0.39, 0.29) is 43.0 Å². The summed E-state index contributed by atoms with van der Waals surface area (Å²) in [6.45, 7) is 7.46. The fourth-order valence-corrected chi connectivity index (χ4v) is 2.60. The van der Waals surface area contributed by atoms with E-state index in [1.807, 2.05) is 20.8 Å². The molecule has 1 aliphatic rings. The standard InChI is InChI=1S/C18H25N3O5/c1-11(22)12-6-14-15(26-10-25-14)7-13(12)19-16(23)8-21(5)9-17(24)20-18(2,3)4/h6-7H,8-10H2,1-5H3,(H,19,23)(H,20,24)/p+1. The molecule has 26 heavy (non-hydrogen) atoms. The lowest BCUT2D eigenvalue weighted by Gasteiger charge is -2.21. The summed E-state index contributed by atoms with van der Waals surface area (Å²) in [7, 11) is 1.76. The average Bonchev–Trinajstić information content (AvgIpc) is 2.90. The number of hydrogen-bond donors (Lipinski definition) is 3. The van der Waals surface area contributed by atoms with Crippen LogP contribution in [0.25, 0.3) is 0 Å². The molecule has 3 N–H and O–H groups in total. The zero-order valence-corrected chi connectivity index (χ0v) is 15.8. The van der Waals surface area contributed by atoms with Crippen LogP contribution in [0.4, 0.5) is 5.69 Å². The fraction of sp³-hybridized carbons (Fsp3) is 0.500. The fourth-order valence-electron chi connectivity index (χ4n) is 2.60. The zero-order chi connectivity index (χ0) is 19.5. The van der Waals surface area contributed by atoms with Crippen LogP contribution in [0.15, 0.2) is 12.1 Å². The summed E-state index contributed by atoms with van der Waals surface area (Å²) in [6.07, 6.45) is 0. The van der Waals surface area contributed by atoms with Crippen molar-refractivity contribution < 1.29 is 28.8 Å². The van der Waals surface area contributed by atoms with E-state index in [1.165, 1.54) is 6.92 Å². The van der Waals surface area contributed by atoms with E-state index in [0.29, 0.717) is 22.7 Å². The molecule has 1 aromatic carbocycles. The first-order chi connectivity index (χ1) is 12.0. The Labute approximate surface area is 152 Å². The molecule has 142 valence electrons. The molecule has 0 bridgehead atoms. The molecular formula is C18H26N3O5+. The van der Waals surface area contributed by atoms with Gasteiger partial charge in [0.05, 0.1) is 12.7 Å². The summed E-state index contributed by atoms with van der Waals surface area (Å²) in [6, 6.07) is 3.15. The zero-order valence-electron chi connectivity index (χ0n) is 15.8. The number of benzene rings is 1. The number of ketones is 1. The minimum atomic E-state index is -0.317. The van der Waals surface area contributed by atoms with E-state index >= 15 is 0 Å². The van der Waals surface area contributed by atoms with Crippen molar-refractivity contribution in [1.82, 2.24) is 5.32 Å². The third kappa shape index (κ3) is 5.45. The first-order valence-electron chi connectivity index (χ1n) is 8.42. The number of carbonyl (C=O) groups excluding carboxylic acids is 3. The third-order valence-electron chi connectivity index (χ3n) is 3.61. The van der Waals surface area contributed by atoms with Crippen molar-refractivity contribution in [2.75, 3.05) is 32.2 Å². The van der Waals surface area contributed by atoms with Gasteiger partial charge < -0.3 is 25.0 Å². The highest BCUT2D eigenvalue weighted by Gasteiger charge is 2.22. The largest absolute Gasteiger partial charge is 0.454 e. The van der Waals surface area contributed by atoms with Gasteiger partial charge in [0.25, 0.3) is 11.8 Å². The Hall–Kier alpha value is -2.61. The number of nitrogens with one attached hydrogen (secondary N) is 3. The van der Waals surface area contributed by atoms with Gasteiger partial charge in [-0.15, -0.1) is 0 Å². The quantitative estimate of drug-likeness (QED) is 0.617. The average molecular weight is 364 g/mol. The summed E-state index contributed by atoms with van der Waals surface area (Å²) in [5.74, 6) is 0.344. The molecule has 0 aromatic heterocycles. The number of amides is 2. The number of ether oxygens (including phenoxy) is 2. The van der Waals surface area contributed by atoms with Crippen molar-refractivity contribution >= 4 is 23.3 Å². The molecule has 0 aliphatic carbocycles. The first-order valence-corrected chi connectivity index (χ1v) is 8.42. The van der Waals surface area contributed by atoms with Crippen molar-refractivity contribution in [2.24, 2.45) is 0 Å². The summed E-state index contributed by atoms with van der Waals surface area (Å²) >= 11 is 0.